The van der Waals surface area contributed by atoms with Crippen LogP contribution >= 0.6 is 7.82 Å². The Bertz CT molecular complexity index is 3390. The Kier molecular flexibility index (Phi) is 56.3. The highest BCUT2D eigenvalue weighted by atomic mass is 31.2. The van der Waals surface area contributed by atoms with Gasteiger partial charge >= 0.3 is 19.8 Å². The Hall–Kier alpha value is -3.37. The van der Waals surface area contributed by atoms with Gasteiger partial charge in [0.2, 0.25) is 5.91 Å². The molecule has 47 heteroatoms. The molecule has 0 aromatic heterocycles. The minimum atomic E-state index is -4.94. The van der Waals surface area contributed by atoms with E-state index in [2.05, 4.69) is 24.2 Å². The minimum Gasteiger partial charge on any atom is -0.862 e. The van der Waals surface area contributed by atoms with Crippen molar-refractivity contribution in [2.75, 3.05) is 165 Å². The predicted molar refractivity (Wildman–Crippen MR) is 483 cm³/mol. The summed E-state index contributed by atoms with van der Waals surface area (Å²) in [6, 6.07) is 0. The fourth-order valence-corrected chi connectivity index (χ4v) is 19.4. The second kappa shape index (κ2) is 64.8. The van der Waals surface area contributed by atoms with Crippen molar-refractivity contribution in [2.45, 2.75) is 402 Å². The first-order valence-corrected chi connectivity index (χ1v) is 50.6. The van der Waals surface area contributed by atoms with E-state index in [4.69, 9.17) is 146 Å². The molecular weight excluding hydrogens is 1870 g/mol. The minimum absolute atomic E-state index is 0.0651. The molecule has 0 aromatic carbocycles. The first-order valence-electron chi connectivity index (χ1n) is 49.1. The monoisotopic (exact) mass is 2030 g/mol. The number of hydrogen-bond acceptors (Lipinski definition) is 44. The molecule has 37 atom stereocenters. The molecule has 1 unspecified atom stereocenters. The van der Waals surface area contributed by atoms with Crippen LogP contribution in [0, 0.1) is 0 Å². The average molecular weight is 2030 g/mol. The van der Waals surface area contributed by atoms with Crippen molar-refractivity contribution >= 4 is 31.6 Å². The lowest BCUT2D eigenvalue weighted by atomic mass is 9.94. The van der Waals surface area contributed by atoms with Gasteiger partial charge in [-0.3, -0.25) is 23.4 Å². The van der Waals surface area contributed by atoms with Crippen molar-refractivity contribution in [3.8, 4) is 0 Å². The molecule has 0 aliphatic carbocycles. The van der Waals surface area contributed by atoms with Gasteiger partial charge in [-0.2, -0.15) is 0 Å². The smallest absolute Gasteiger partial charge is 0.472 e. The Balaban J connectivity index is 1.02. The maximum Gasteiger partial charge on any atom is 0.472 e. The number of nitrogens with zero attached hydrogens (tertiary/aromatic N) is 1. The Morgan fingerprint density at radius 3 is 0.849 bits per heavy atom. The van der Waals surface area contributed by atoms with Crippen LogP contribution in [-0.2, 0) is 165 Å². The van der Waals surface area contributed by atoms with Crippen LogP contribution in [0.2, 0.25) is 0 Å². The SMILES string of the molecule is CCCCCCCCCCCCCC(=O)OC[C@@H](COP(=O)(O)OCCN=C([O-])CCC(=O)NC[C@H]1O[C@H]2O[C@@H]3[C@@H](O)[C@H](OC)[C@H](O[C@@H]4[C@@H](O)[C@H](OC)[C@H](O[C@@H]5[C@@H](O)[C@@H](OC)[C@H](O[C@@H]6[C@H](O)[C@@H](OC)[C@H](O[C@@H]7[C@H](O)[C@@H](OC)[C@H](O[C@@H]8[C@H](O)[C@@H](OC)[C@H](O[C@@H]1[C@@H](O)[C@@H]2OC)O[C@H]8COC)O[C@H]7COC)O[C@H]6COC)O[C@@H]5COC)O[C@@H]4COC)O[C@@H]3COC)OC(=O)CCCCCCCCCCCCC. The quantitative estimate of drug-likeness (QED) is 0.0138. The van der Waals surface area contributed by atoms with E-state index >= 15 is 0 Å². The van der Waals surface area contributed by atoms with Crippen LogP contribution in [0.5, 0.6) is 0 Å². The van der Waals surface area contributed by atoms with Crippen LogP contribution in [-0.4, -0.2) is 450 Å². The zero-order chi connectivity index (χ0) is 101. The van der Waals surface area contributed by atoms with Crippen LogP contribution in [0.15, 0.2) is 4.99 Å². The molecule has 21 rings (SSSR count). The summed E-state index contributed by atoms with van der Waals surface area (Å²) in [5.41, 5.74) is 0. The van der Waals surface area contributed by atoms with Gasteiger partial charge in [-0.15, -0.1) is 0 Å². The van der Waals surface area contributed by atoms with Gasteiger partial charge in [0.1, 0.15) is 178 Å². The number of ether oxygens (including phenoxy) is 29. The van der Waals surface area contributed by atoms with Crippen molar-refractivity contribution in [3.63, 3.8) is 0 Å². The first-order chi connectivity index (χ1) is 67.1. The number of unbranched alkanes of at least 4 members (excludes halogenated alkanes) is 20. The van der Waals surface area contributed by atoms with Gasteiger partial charge < -0.3 is 193 Å². The van der Waals surface area contributed by atoms with Crippen LogP contribution in [0.4, 0.5) is 0 Å². The average Bonchev–Trinajstić information content (AvgIpc) is 0.826. The third kappa shape index (κ3) is 36.2. The highest BCUT2D eigenvalue weighted by Gasteiger charge is 2.62. The number of phosphoric ester groups is 1. The summed E-state index contributed by atoms with van der Waals surface area (Å²) in [6.07, 6.45) is -32.6. The number of amides is 1. The molecule has 139 heavy (non-hydrogen) atoms. The van der Waals surface area contributed by atoms with Gasteiger partial charge in [-0.1, -0.05) is 142 Å². The van der Waals surface area contributed by atoms with E-state index in [9.17, 15) is 64.7 Å². The van der Waals surface area contributed by atoms with Gasteiger partial charge in [-0.05, 0) is 25.2 Å². The van der Waals surface area contributed by atoms with E-state index in [1.807, 2.05) is 0 Å². The van der Waals surface area contributed by atoms with Crippen LogP contribution in [0.25, 0.3) is 0 Å². The number of carbonyl (C=O) groups is 3. The van der Waals surface area contributed by atoms with Crippen molar-refractivity contribution in [1.29, 1.82) is 0 Å². The Labute approximate surface area is 816 Å². The first kappa shape index (κ1) is 121. The number of aliphatic hydroxyl groups excluding tert-OH is 7. The van der Waals surface area contributed by atoms with Crippen molar-refractivity contribution in [1.82, 2.24) is 5.32 Å². The summed E-state index contributed by atoms with van der Waals surface area (Å²) in [5, 5.41) is 104. The van der Waals surface area contributed by atoms with Crippen LogP contribution in [0.3, 0.4) is 0 Å². The zero-order valence-corrected chi connectivity index (χ0v) is 84.5. The Morgan fingerprint density at radius 1 is 0.331 bits per heavy atom. The number of esters is 2. The number of methoxy groups -OCH3 is 13. The Morgan fingerprint density at radius 2 is 0.583 bits per heavy atom. The number of aliphatic imine (C=N–C) groups is 1. The molecular formula is C92H164N2O44P-. The molecule has 46 nitrogen and oxygen atoms in total. The number of hydrogen-bond donors (Lipinski definition) is 9. The molecule has 21 fully saturated rings. The second-order valence-corrected chi connectivity index (χ2v) is 37.6. The highest BCUT2D eigenvalue weighted by Crippen LogP contribution is 2.45. The van der Waals surface area contributed by atoms with Crippen molar-refractivity contribution < 1.29 is 211 Å². The number of nitrogens with one attached hydrogen (secondary N) is 1. The molecule has 21 heterocycles. The largest absolute Gasteiger partial charge is 0.862 e. The molecule has 14 bridgehead atoms. The molecule has 0 spiro atoms. The fraction of sp³-hybridized carbons (Fsp3) is 0.957. The topological polar surface area (TPSA) is 564 Å². The standard InChI is InChI=1S/C92H165N2O44P/c1-16-18-20-22-24-26-28-30-32-34-36-38-63(97)121-45-53(124-64(98)39-37-35-33-31-29-27-25-23-21-19-17-2)46-123-139(106,107)122-43-42-93-61(95)40-41-62(96)94-44-54-72-65(99)79(114-9)86(125-54)133-73-55(47-108-3)127-88(81(116-11)66(73)100)135-75-57(49-110-5)129-90(83(118-13)68(75)102)137-77-59(51-112-7)131-92(85(120-15)70(77)104)138-78-60(52-113-8)130-91(84(119-14)71(78)105)136-76-58(50-111-6)128-89(82(117-12)69(76)103)134-74-56(48-109-4)126-87(132-72)80(115-10)67(74)101/h53-60,65-92,99-105H,16-52H2,1-15H3,(H,93,95)(H,94,96)(H,106,107)/p-1/t53-,54+,55+,56-,57+,58-,59+,60-,65+,66+,67-,68+,69-,70+,71-,72-,73-,74-,75-,76-,77-,78-,79-,80+,81-,82+,83-,84+,85+,86-,87-,88-,89-,90-,91-,92-/m0/s1. The van der Waals surface area contributed by atoms with E-state index in [-0.39, 0.29) is 52.5 Å². The van der Waals surface area contributed by atoms with Gasteiger partial charge in [-0.25, -0.2) is 4.57 Å². The normalized spacial score (nSPS) is 36.7. The number of rotatable bonds is 58. The summed E-state index contributed by atoms with van der Waals surface area (Å²) >= 11 is 0. The third-order valence-electron chi connectivity index (χ3n) is 26.1. The fourth-order valence-electron chi connectivity index (χ4n) is 18.6. The maximum absolute atomic E-state index is 14.1. The van der Waals surface area contributed by atoms with Gasteiger partial charge in [0.25, 0.3) is 0 Å². The van der Waals surface area contributed by atoms with Crippen LogP contribution in [0.1, 0.15) is 181 Å². The van der Waals surface area contributed by atoms with Gasteiger partial charge in [0.15, 0.2) is 50.1 Å². The summed E-state index contributed by atoms with van der Waals surface area (Å²) in [5.74, 6) is -2.75. The molecule has 812 valence electrons. The third-order valence-corrected chi connectivity index (χ3v) is 27.1. The maximum atomic E-state index is 14.1. The molecule has 9 N–H and O–H groups in total. The number of carbonyl (C=O) groups excluding carboxylic acids is 3. The van der Waals surface area contributed by atoms with Gasteiger partial charge in [0, 0.05) is 118 Å². The van der Waals surface area contributed by atoms with E-state index in [0.29, 0.717) is 12.8 Å². The lowest BCUT2D eigenvalue weighted by Crippen LogP contribution is -2.69. The predicted octanol–water partition coefficient (Wildman–Crippen LogP) is 1.93. The molecule has 0 radical (unpaired) electrons. The van der Waals surface area contributed by atoms with Gasteiger partial charge in [0.05, 0.1) is 59.4 Å². The lowest BCUT2D eigenvalue weighted by molar-refractivity contribution is -0.400. The van der Waals surface area contributed by atoms with Crippen LogP contribution < -0.4 is 10.4 Å². The summed E-state index contributed by atoms with van der Waals surface area (Å²) in [4.78, 5) is 55.0. The number of phosphoric acid groups is 1. The van der Waals surface area contributed by atoms with E-state index in [0.717, 1.165) is 51.4 Å². The highest BCUT2D eigenvalue weighted by molar-refractivity contribution is 7.47. The molecule has 0 saturated carbocycles. The number of aliphatic hydroxyl groups is 7. The van der Waals surface area contributed by atoms with Crippen molar-refractivity contribution in [2.24, 2.45) is 4.99 Å². The molecule has 21 saturated heterocycles. The second-order valence-electron chi connectivity index (χ2n) is 36.1. The zero-order valence-electron chi connectivity index (χ0n) is 83.6. The molecule has 0 aromatic rings. The van der Waals surface area contributed by atoms with Crippen molar-refractivity contribution in [3.05, 3.63) is 0 Å². The lowest BCUT2D eigenvalue weighted by Gasteiger charge is -2.51. The van der Waals surface area contributed by atoms with E-state index in [1.54, 1.807) is 0 Å². The molecule has 1 amide bonds. The molecule has 21 aliphatic rings. The van der Waals surface area contributed by atoms with E-state index < -0.39 is 298 Å². The molecule has 21 aliphatic heterocycles. The summed E-state index contributed by atoms with van der Waals surface area (Å²) in [7, 11) is 11.8. The summed E-state index contributed by atoms with van der Waals surface area (Å²) in [6.45, 7) is -0.333. The van der Waals surface area contributed by atoms with E-state index in [1.165, 1.54) is 169 Å². The summed E-state index contributed by atoms with van der Waals surface area (Å²) < 4.78 is 203.